The number of methoxy groups -OCH3 is 2. The van der Waals surface area contributed by atoms with Crippen LogP contribution in [0.3, 0.4) is 0 Å². The standard InChI is InChI=1S/C23H14BrF4N5O3.C17H12F2O2.C17H13FO3.C12H11FO2.C11H7Br2FO2.C11H9BrO3/c1-9(20-17(24)19(34)15-11(25)3-2-4-14(15)35-20)33-22-16(21(29)30-8-31-22)18(32-33)10-5-6-13(12(26)7-10)36-23(27)28;1-2-13-15(10-5-3-6-11(18)9-10)17(20)16-12(19)7-4-8-14(16)21-13;1-10-15(11-5-3-6-12(18)9-11)17(19)16-13(20-2)7-4-8-14(16)21-10;1-2-4-8-7-10(14)12-9(13)5-3-6-11(12)15-8;1-5(12)11-9(13)10(15)8-6(14)3-2-4-7(8)16-11;1-6-10(12)11(13)9-7(14-2)4-3-5-8(9)15-6/h2-9,23H,1H3,(H2,29,30,31);3-9H,2H2,1H3;3-9H,1-2H3;3,5-7H,2,4H2,1H3;2-5H,1H3;3-5H,1-2H3. The van der Waals surface area contributed by atoms with Crippen LogP contribution in [0, 0.1) is 54.6 Å². The monoisotopic (exact) mass is 1960 g/mol. The van der Waals surface area contributed by atoms with Crippen molar-refractivity contribution in [1.29, 1.82) is 0 Å². The molecule has 20 nitrogen and oxygen atoms in total. The van der Waals surface area contributed by atoms with E-state index in [1.165, 1.54) is 116 Å². The Kier molecular flexibility index (Phi) is 28.6. The Balaban J connectivity index is 0.000000140. The van der Waals surface area contributed by atoms with Gasteiger partial charge in [-0.1, -0.05) is 90.4 Å². The molecule has 0 spiro atoms. The summed E-state index contributed by atoms with van der Waals surface area (Å²) >= 11 is 12.9. The summed E-state index contributed by atoms with van der Waals surface area (Å²) in [4.78, 5) is 81.8. The third-order valence-electron chi connectivity index (χ3n) is 18.9. The smallest absolute Gasteiger partial charge is 0.387 e. The molecule has 636 valence electrons. The number of nitrogens with zero attached hydrogens (tertiary/aromatic N) is 4. The summed E-state index contributed by atoms with van der Waals surface area (Å²) in [5.74, 6) is -1.34. The first-order valence-corrected chi connectivity index (χ1v) is 40.6. The number of anilines is 1. The molecule has 0 saturated heterocycles. The van der Waals surface area contributed by atoms with Gasteiger partial charge in [0.2, 0.25) is 27.1 Å². The van der Waals surface area contributed by atoms with Gasteiger partial charge in [-0.05, 0) is 208 Å². The van der Waals surface area contributed by atoms with Gasteiger partial charge in [0.05, 0.1) is 35.6 Å². The van der Waals surface area contributed by atoms with Gasteiger partial charge in [-0.25, -0.2) is 45.4 Å². The number of hydrogen-bond donors (Lipinski definition) is 1. The first-order chi connectivity index (χ1) is 59.3. The number of nitrogens with two attached hydrogens (primary N) is 1. The lowest BCUT2D eigenvalue weighted by atomic mass is 10.0. The van der Waals surface area contributed by atoms with Crippen LogP contribution < -0.4 is 52.5 Å². The molecule has 0 saturated carbocycles. The Morgan fingerprint density at radius 3 is 1.41 bits per heavy atom. The molecule has 124 heavy (non-hydrogen) atoms. The number of halogens is 13. The largest absolute Gasteiger partial charge is 0.496 e. The normalized spacial score (nSPS) is 11.6. The van der Waals surface area contributed by atoms with Crippen molar-refractivity contribution in [2.45, 2.75) is 78.3 Å². The third kappa shape index (κ3) is 19.1. The molecular weight excluding hydrogens is 1890 g/mol. The topological polar surface area (TPSA) is 279 Å². The SMILES string of the molecule is CC(Br)c1oc2cccc(F)c2c(=O)c1Br.CC(c1oc2cccc(F)c2c(=O)c1Br)n1nc(-c2ccc(OC(F)F)c(F)c2)c2c(N)ncnc21.CCCc1cc(=O)c2c(F)cccc2o1.CCc1oc2cccc(F)c2c(=O)c1-c1cccc(F)c1.COc1cccc2oc(C)c(-c3cccc(F)c3)c(=O)c12.COc1cccc2oc(C)c(Br)c(=O)c12. The second kappa shape index (κ2) is 39.2. The van der Waals surface area contributed by atoms with Crippen molar-refractivity contribution in [3.8, 4) is 50.8 Å². The van der Waals surface area contributed by atoms with Gasteiger partial charge in [-0.3, -0.25) is 28.8 Å². The minimum Gasteiger partial charge on any atom is -0.496 e. The van der Waals surface area contributed by atoms with Crippen LogP contribution in [0.1, 0.15) is 79.5 Å². The fourth-order valence-corrected chi connectivity index (χ4v) is 15.4. The molecule has 17 rings (SSSR count). The van der Waals surface area contributed by atoms with Gasteiger partial charge in [-0.15, -0.1) is 0 Å². The lowest BCUT2D eigenvalue weighted by molar-refractivity contribution is -0.0521. The van der Waals surface area contributed by atoms with Crippen molar-refractivity contribution in [2.75, 3.05) is 20.0 Å². The number of ether oxygens (including phenoxy) is 3. The van der Waals surface area contributed by atoms with E-state index in [1.807, 2.05) is 20.8 Å². The average Bonchev–Trinajstić information content (AvgIpc) is 1.36. The van der Waals surface area contributed by atoms with E-state index in [4.69, 9.17) is 41.7 Å². The first-order valence-electron chi connectivity index (χ1n) is 37.3. The van der Waals surface area contributed by atoms with Crippen LogP contribution in [-0.2, 0) is 12.8 Å². The summed E-state index contributed by atoms with van der Waals surface area (Å²) < 4.78 is 171. The number of aromatic nitrogens is 4. The number of benzene rings is 9. The van der Waals surface area contributed by atoms with Crippen molar-refractivity contribution in [1.82, 2.24) is 19.7 Å². The zero-order valence-electron chi connectivity index (χ0n) is 66.2. The molecule has 0 bridgehead atoms. The second-order valence-corrected chi connectivity index (χ2v) is 30.8. The number of aryl methyl sites for hydroxylation is 4. The number of hydrogen-bond acceptors (Lipinski definition) is 19. The zero-order chi connectivity index (χ0) is 89.4. The lowest BCUT2D eigenvalue weighted by Gasteiger charge is -2.14. The molecule has 8 aromatic heterocycles. The zero-order valence-corrected chi connectivity index (χ0v) is 72.5. The molecule has 2 atom stereocenters. The molecule has 8 heterocycles. The summed E-state index contributed by atoms with van der Waals surface area (Å²) in [5, 5.41) is 5.32. The number of rotatable bonds is 13. The average molecular weight is 1960 g/mol. The number of nitrogen functional groups attached to an aromatic ring is 1. The van der Waals surface area contributed by atoms with E-state index >= 15 is 0 Å². The van der Waals surface area contributed by atoms with Crippen molar-refractivity contribution >= 4 is 146 Å². The quantitative estimate of drug-likeness (QED) is 0.0829. The molecule has 9 aromatic carbocycles. The molecular formula is C91H66Br4F9N5O15. The maximum Gasteiger partial charge on any atom is 0.387 e. The van der Waals surface area contributed by atoms with Crippen LogP contribution in [-0.4, -0.2) is 40.6 Å². The minimum absolute atomic E-state index is 0.0145. The van der Waals surface area contributed by atoms with Crippen molar-refractivity contribution in [2.24, 2.45) is 0 Å². The van der Waals surface area contributed by atoms with Crippen LogP contribution in [0.4, 0.5) is 45.3 Å². The van der Waals surface area contributed by atoms with Gasteiger partial charge >= 0.3 is 6.61 Å². The molecule has 0 aliphatic carbocycles. The van der Waals surface area contributed by atoms with Crippen LogP contribution in [0.15, 0.2) is 257 Å². The Morgan fingerprint density at radius 1 is 0.452 bits per heavy atom. The molecule has 0 fully saturated rings. The van der Waals surface area contributed by atoms with E-state index in [2.05, 4.69) is 83.5 Å². The molecule has 17 aromatic rings. The summed E-state index contributed by atoms with van der Waals surface area (Å²) in [7, 11) is 3.03. The summed E-state index contributed by atoms with van der Waals surface area (Å²) in [5.41, 5.74) is 7.82. The number of fused-ring (bicyclic) bond motifs is 7. The first kappa shape index (κ1) is 90.5. The van der Waals surface area contributed by atoms with Gasteiger partial charge in [0, 0.05) is 24.5 Å². The highest BCUT2D eigenvalue weighted by Gasteiger charge is 2.29. The van der Waals surface area contributed by atoms with Gasteiger partial charge in [0.25, 0.3) is 0 Å². The Bertz CT molecular complexity index is 7360. The van der Waals surface area contributed by atoms with E-state index in [1.54, 1.807) is 93.6 Å². The van der Waals surface area contributed by atoms with E-state index in [-0.39, 0.29) is 113 Å². The lowest BCUT2D eigenvalue weighted by Crippen LogP contribution is -2.15. The fourth-order valence-electron chi connectivity index (χ4n) is 13.3. The van der Waals surface area contributed by atoms with Crippen molar-refractivity contribution in [3.05, 3.63) is 338 Å². The van der Waals surface area contributed by atoms with E-state index in [0.717, 1.165) is 24.6 Å². The highest BCUT2D eigenvalue weighted by molar-refractivity contribution is 9.11. The van der Waals surface area contributed by atoms with Crippen LogP contribution in [0.5, 0.6) is 17.2 Å². The van der Waals surface area contributed by atoms with Crippen LogP contribution in [0.25, 0.3) is 110 Å². The Morgan fingerprint density at radius 2 is 0.903 bits per heavy atom. The maximum absolute atomic E-state index is 14.5. The van der Waals surface area contributed by atoms with E-state index in [9.17, 15) is 68.3 Å². The van der Waals surface area contributed by atoms with Crippen LogP contribution >= 0.6 is 63.7 Å². The summed E-state index contributed by atoms with van der Waals surface area (Å²) in [6, 6.07) is 42.9. The number of alkyl halides is 3. The van der Waals surface area contributed by atoms with Gasteiger partial charge in [0.1, 0.15) is 184 Å². The van der Waals surface area contributed by atoms with Gasteiger partial charge < -0.3 is 46.4 Å². The molecule has 2 N–H and O–H groups in total. The maximum atomic E-state index is 14.5. The Labute approximate surface area is 728 Å². The summed E-state index contributed by atoms with van der Waals surface area (Å²) in [6.45, 7) is 7.54. The molecule has 0 amide bonds. The highest BCUT2D eigenvalue weighted by atomic mass is 79.9. The predicted octanol–water partition coefficient (Wildman–Crippen LogP) is 23.6. The fraction of sp³-hybridized carbons (Fsp3) is 0.154. The predicted molar refractivity (Wildman–Crippen MR) is 467 cm³/mol. The molecule has 0 aliphatic heterocycles. The second-order valence-electron chi connectivity index (χ2n) is 27.0. The summed E-state index contributed by atoms with van der Waals surface area (Å²) in [6.07, 6.45) is 3.24. The van der Waals surface area contributed by atoms with Crippen LogP contribution in [0.2, 0.25) is 0 Å². The molecule has 33 heteroatoms. The Hall–Kier alpha value is -12.7. The molecule has 0 radical (unpaired) electrons. The molecule has 2 unspecified atom stereocenters. The van der Waals surface area contributed by atoms with Gasteiger partial charge in [-0.2, -0.15) is 13.9 Å². The van der Waals surface area contributed by atoms with E-state index in [0.29, 0.717) is 102 Å². The minimum atomic E-state index is -3.20. The van der Waals surface area contributed by atoms with Crippen molar-refractivity contribution in [3.63, 3.8) is 0 Å². The van der Waals surface area contributed by atoms with Crippen molar-refractivity contribution < 1.29 is 80.2 Å². The van der Waals surface area contributed by atoms with Gasteiger partial charge in [0.15, 0.2) is 22.6 Å². The molecule has 0 aliphatic rings. The highest BCUT2D eigenvalue weighted by Crippen LogP contribution is 2.39. The third-order valence-corrected chi connectivity index (χ3v) is 21.8. The van der Waals surface area contributed by atoms with E-state index < -0.39 is 70.0 Å².